The average molecular weight is 326 g/mol. The molecule has 0 aromatic heterocycles. The summed E-state index contributed by atoms with van der Waals surface area (Å²) in [6, 6.07) is 9.03. The van der Waals surface area contributed by atoms with Gasteiger partial charge in [-0.25, -0.2) is 0 Å². The molecule has 0 fully saturated rings. The molecule has 0 saturated heterocycles. The Kier molecular flexibility index (Phi) is 4.81. The zero-order valence-electron chi connectivity index (χ0n) is 13.9. The van der Waals surface area contributed by atoms with Crippen LogP contribution in [0.1, 0.15) is 46.4 Å². The molecule has 1 heterocycles. The summed E-state index contributed by atoms with van der Waals surface area (Å²) in [4.78, 5) is 26.9. The smallest absolute Gasteiger partial charge is 0.261 e. The zero-order valence-corrected chi connectivity index (χ0v) is 13.9. The molecule has 2 amide bonds. The Balaban J connectivity index is 1.91. The summed E-state index contributed by atoms with van der Waals surface area (Å²) in [5.41, 5.74) is 6.63. The van der Waals surface area contributed by atoms with E-state index in [1.54, 1.807) is 25.3 Å². The highest BCUT2D eigenvalue weighted by molar-refractivity contribution is 6.26. The molecule has 0 aliphatic carbocycles. The molecule has 3 rings (SSSR count). The Hall–Kier alpha value is -2.40. The third kappa shape index (κ3) is 2.76. The first-order chi connectivity index (χ1) is 11.7. The van der Waals surface area contributed by atoms with E-state index in [1.165, 1.54) is 4.90 Å². The maximum atomic E-state index is 12.8. The van der Waals surface area contributed by atoms with Crippen LogP contribution in [0, 0.1) is 0 Å². The molecule has 2 aromatic carbocycles. The average Bonchev–Trinajstić information content (AvgIpc) is 2.61. The summed E-state index contributed by atoms with van der Waals surface area (Å²) >= 11 is 0. The highest BCUT2D eigenvalue weighted by Gasteiger charge is 2.32. The molecular formula is C19H22N2O3. The minimum atomic E-state index is -0.217. The van der Waals surface area contributed by atoms with Crippen LogP contribution in [0.25, 0.3) is 10.8 Å². The number of carbonyl (C=O) groups excluding carboxylic acids is 2. The quantitative estimate of drug-likeness (QED) is 0.627. The Bertz CT molecular complexity index is 763. The number of benzene rings is 2. The summed E-state index contributed by atoms with van der Waals surface area (Å²) < 4.78 is 5.36. The first kappa shape index (κ1) is 16.5. The van der Waals surface area contributed by atoms with Crippen molar-refractivity contribution in [1.29, 1.82) is 0 Å². The summed E-state index contributed by atoms with van der Waals surface area (Å²) in [5, 5.41) is 1.50. The van der Waals surface area contributed by atoms with Gasteiger partial charge in [0.25, 0.3) is 11.8 Å². The number of hydrogen-bond donors (Lipinski definition) is 1. The molecule has 5 nitrogen and oxygen atoms in total. The van der Waals surface area contributed by atoms with Crippen molar-refractivity contribution >= 4 is 22.6 Å². The second-order valence-electron chi connectivity index (χ2n) is 6.01. The predicted octanol–water partition coefficient (Wildman–Crippen LogP) is 2.96. The lowest BCUT2D eigenvalue weighted by atomic mass is 9.93. The van der Waals surface area contributed by atoms with Gasteiger partial charge in [-0.2, -0.15) is 0 Å². The summed E-state index contributed by atoms with van der Waals surface area (Å²) in [6.07, 6.45) is 3.77. The molecule has 0 atom stereocenters. The molecule has 2 aromatic rings. The Morgan fingerprint density at radius 2 is 1.67 bits per heavy atom. The minimum Gasteiger partial charge on any atom is -0.496 e. The minimum absolute atomic E-state index is 0.217. The van der Waals surface area contributed by atoms with Crippen molar-refractivity contribution in [2.75, 3.05) is 20.2 Å². The Morgan fingerprint density at radius 1 is 0.958 bits per heavy atom. The maximum absolute atomic E-state index is 12.8. The Morgan fingerprint density at radius 3 is 2.38 bits per heavy atom. The number of methoxy groups -OCH3 is 1. The number of rotatable bonds is 7. The van der Waals surface area contributed by atoms with E-state index >= 15 is 0 Å². The van der Waals surface area contributed by atoms with E-state index < -0.39 is 0 Å². The number of imide groups is 1. The van der Waals surface area contributed by atoms with Crippen LogP contribution in [-0.2, 0) is 0 Å². The lowest BCUT2D eigenvalue weighted by Crippen LogP contribution is -2.40. The molecule has 0 radical (unpaired) electrons. The number of amides is 2. The summed E-state index contributed by atoms with van der Waals surface area (Å²) in [6.45, 7) is 1.13. The van der Waals surface area contributed by atoms with Crippen LogP contribution in [0.2, 0.25) is 0 Å². The maximum Gasteiger partial charge on any atom is 0.261 e. The molecule has 24 heavy (non-hydrogen) atoms. The fraction of sp³-hybridized carbons (Fsp3) is 0.368. The van der Waals surface area contributed by atoms with Gasteiger partial charge < -0.3 is 10.5 Å². The number of hydrogen-bond acceptors (Lipinski definition) is 4. The molecule has 5 heteroatoms. The van der Waals surface area contributed by atoms with Gasteiger partial charge >= 0.3 is 0 Å². The number of unbranched alkanes of at least 4 members (excludes halogenated alkanes) is 3. The van der Waals surface area contributed by atoms with Crippen LogP contribution >= 0.6 is 0 Å². The fourth-order valence-corrected chi connectivity index (χ4v) is 3.27. The number of nitrogens with zero attached hydrogens (tertiary/aromatic N) is 1. The molecule has 2 N–H and O–H groups in total. The Labute approximate surface area is 141 Å². The van der Waals surface area contributed by atoms with Crippen molar-refractivity contribution < 1.29 is 14.3 Å². The van der Waals surface area contributed by atoms with Gasteiger partial charge in [0, 0.05) is 28.4 Å². The highest BCUT2D eigenvalue weighted by Crippen LogP contribution is 2.35. The lowest BCUT2D eigenvalue weighted by Gasteiger charge is -2.27. The SMILES string of the molecule is COc1ccc2c3c(cccc13)C(=O)N(CCCCCCN)C2=O. The van der Waals surface area contributed by atoms with Crippen LogP contribution in [0.4, 0.5) is 0 Å². The van der Waals surface area contributed by atoms with Crippen LogP contribution in [0.3, 0.4) is 0 Å². The van der Waals surface area contributed by atoms with Crippen molar-refractivity contribution in [3.8, 4) is 5.75 Å². The molecule has 1 aliphatic heterocycles. The van der Waals surface area contributed by atoms with Gasteiger partial charge in [0.05, 0.1) is 7.11 Å². The van der Waals surface area contributed by atoms with Crippen molar-refractivity contribution in [3.63, 3.8) is 0 Å². The van der Waals surface area contributed by atoms with Gasteiger partial charge in [-0.1, -0.05) is 25.0 Å². The highest BCUT2D eigenvalue weighted by atomic mass is 16.5. The number of ether oxygens (including phenoxy) is 1. The van der Waals surface area contributed by atoms with E-state index in [0.717, 1.165) is 31.1 Å². The van der Waals surface area contributed by atoms with E-state index in [0.29, 0.717) is 35.4 Å². The molecule has 126 valence electrons. The molecule has 0 spiro atoms. The van der Waals surface area contributed by atoms with Gasteiger partial charge in [-0.15, -0.1) is 0 Å². The van der Waals surface area contributed by atoms with Gasteiger partial charge in [-0.3, -0.25) is 14.5 Å². The van der Waals surface area contributed by atoms with E-state index in [1.807, 2.05) is 12.1 Å². The normalized spacial score (nSPS) is 13.7. The van der Waals surface area contributed by atoms with Gasteiger partial charge in [0.15, 0.2) is 0 Å². The number of carbonyl (C=O) groups is 2. The lowest BCUT2D eigenvalue weighted by molar-refractivity contribution is 0.0608. The van der Waals surface area contributed by atoms with Crippen molar-refractivity contribution in [3.05, 3.63) is 41.5 Å². The third-order valence-corrected chi connectivity index (χ3v) is 4.51. The van der Waals surface area contributed by atoms with Crippen molar-refractivity contribution in [1.82, 2.24) is 4.90 Å². The van der Waals surface area contributed by atoms with Gasteiger partial charge in [0.2, 0.25) is 0 Å². The standard InChI is InChI=1S/C19H22N2O3/c1-24-16-10-9-15-17-13(16)7-6-8-14(17)18(22)21(19(15)23)12-5-3-2-4-11-20/h6-10H,2-5,11-12,20H2,1H3. The molecule has 1 aliphatic rings. The second-order valence-corrected chi connectivity index (χ2v) is 6.01. The van der Waals surface area contributed by atoms with Crippen LogP contribution in [-0.4, -0.2) is 36.9 Å². The number of nitrogens with two attached hydrogens (primary N) is 1. The molecular weight excluding hydrogens is 304 g/mol. The summed E-state index contributed by atoms with van der Waals surface area (Å²) in [5.74, 6) is 0.238. The van der Waals surface area contributed by atoms with E-state index in [-0.39, 0.29) is 11.8 Å². The monoisotopic (exact) mass is 326 g/mol. The predicted molar refractivity (Wildman–Crippen MR) is 93.4 cm³/mol. The van der Waals surface area contributed by atoms with Crippen LogP contribution in [0.15, 0.2) is 30.3 Å². The van der Waals surface area contributed by atoms with E-state index in [4.69, 9.17) is 10.5 Å². The van der Waals surface area contributed by atoms with Gasteiger partial charge in [-0.05, 0) is 37.6 Å². The fourth-order valence-electron chi connectivity index (χ4n) is 3.27. The molecule has 0 unspecified atom stereocenters. The first-order valence-electron chi connectivity index (χ1n) is 8.35. The van der Waals surface area contributed by atoms with E-state index in [2.05, 4.69) is 0 Å². The van der Waals surface area contributed by atoms with Crippen molar-refractivity contribution in [2.45, 2.75) is 25.7 Å². The first-order valence-corrected chi connectivity index (χ1v) is 8.35. The topological polar surface area (TPSA) is 72.6 Å². The van der Waals surface area contributed by atoms with Crippen LogP contribution in [0.5, 0.6) is 5.75 Å². The zero-order chi connectivity index (χ0) is 17.1. The van der Waals surface area contributed by atoms with E-state index in [9.17, 15) is 9.59 Å². The third-order valence-electron chi connectivity index (χ3n) is 4.51. The molecule has 0 saturated carbocycles. The van der Waals surface area contributed by atoms with Gasteiger partial charge in [0.1, 0.15) is 5.75 Å². The van der Waals surface area contributed by atoms with Crippen LogP contribution < -0.4 is 10.5 Å². The largest absolute Gasteiger partial charge is 0.496 e. The van der Waals surface area contributed by atoms with Crippen molar-refractivity contribution in [2.24, 2.45) is 5.73 Å². The summed E-state index contributed by atoms with van der Waals surface area (Å²) in [7, 11) is 1.59. The second kappa shape index (κ2) is 7.01. The molecule has 0 bridgehead atoms.